The Balaban J connectivity index is 2.05. The lowest BCUT2D eigenvalue weighted by atomic mass is 9.99. The van der Waals surface area contributed by atoms with Gasteiger partial charge in [0.25, 0.3) is 0 Å². The summed E-state index contributed by atoms with van der Waals surface area (Å²) >= 11 is 4.06. The van der Waals surface area contributed by atoms with Crippen molar-refractivity contribution >= 4 is 23.5 Å². The lowest BCUT2D eigenvalue weighted by Crippen LogP contribution is -2.26. The van der Waals surface area contributed by atoms with Gasteiger partial charge in [-0.15, -0.1) is 23.5 Å². The van der Waals surface area contributed by atoms with E-state index in [0.29, 0.717) is 5.76 Å². The van der Waals surface area contributed by atoms with E-state index in [2.05, 4.69) is 30.3 Å². The molecule has 108 valence electrons. The number of benzene rings is 1. The van der Waals surface area contributed by atoms with Crippen molar-refractivity contribution in [1.82, 2.24) is 0 Å². The summed E-state index contributed by atoms with van der Waals surface area (Å²) in [7, 11) is 0. The minimum absolute atomic E-state index is 0.0338. The van der Waals surface area contributed by atoms with Gasteiger partial charge in [0.05, 0.1) is 5.76 Å². The average Bonchev–Trinajstić information content (AvgIpc) is 2.74. The Morgan fingerprint density at radius 2 is 1.55 bits per heavy atom. The van der Waals surface area contributed by atoms with E-state index in [-0.39, 0.29) is 4.08 Å². The lowest BCUT2D eigenvalue weighted by molar-refractivity contribution is 0.376. The molecule has 20 heavy (non-hydrogen) atoms. The van der Waals surface area contributed by atoms with E-state index >= 15 is 0 Å². The Morgan fingerprint density at radius 3 is 2.30 bits per heavy atom. The summed E-state index contributed by atoms with van der Waals surface area (Å²) in [6.07, 6.45) is 6.79. The zero-order valence-corrected chi connectivity index (χ0v) is 13.4. The van der Waals surface area contributed by atoms with E-state index < -0.39 is 0 Å². The first kappa shape index (κ1) is 14.4. The highest BCUT2D eigenvalue weighted by Crippen LogP contribution is 2.57. The van der Waals surface area contributed by atoms with Crippen LogP contribution < -0.4 is 0 Å². The highest BCUT2D eigenvalue weighted by Gasteiger charge is 2.41. The number of hydrogen-bond acceptors (Lipinski definition) is 3. The van der Waals surface area contributed by atoms with Gasteiger partial charge in [0.1, 0.15) is 4.08 Å². The largest absolute Gasteiger partial charge is 0.512 e. The minimum atomic E-state index is -0.0338. The monoisotopic (exact) mass is 306 g/mol. The van der Waals surface area contributed by atoms with Gasteiger partial charge in [-0.05, 0) is 48.3 Å². The first-order valence-corrected chi connectivity index (χ1v) is 9.55. The smallest absolute Gasteiger partial charge is 0.111 e. The Bertz CT molecular complexity index is 475. The van der Waals surface area contributed by atoms with Crippen LogP contribution in [0.1, 0.15) is 44.1 Å². The van der Waals surface area contributed by atoms with Crippen LogP contribution in [-0.2, 0) is 4.08 Å². The predicted octanol–water partition coefficient (Wildman–Crippen LogP) is 5.49. The number of aliphatic hydroxyl groups excluding tert-OH is 1. The average molecular weight is 306 g/mol. The molecule has 0 saturated carbocycles. The molecule has 0 unspecified atom stereocenters. The fourth-order valence-corrected chi connectivity index (χ4v) is 6.69. The summed E-state index contributed by atoms with van der Waals surface area (Å²) in [5, 5.41) is 10.6. The van der Waals surface area contributed by atoms with E-state index in [4.69, 9.17) is 0 Å². The van der Waals surface area contributed by atoms with Crippen LogP contribution in [0.15, 0.2) is 41.7 Å². The number of hydrogen-bond donors (Lipinski definition) is 1. The molecule has 0 amide bonds. The van der Waals surface area contributed by atoms with Crippen LogP contribution in [-0.4, -0.2) is 16.6 Å². The molecule has 0 radical (unpaired) electrons. The molecule has 1 nitrogen and oxygen atoms in total. The fraction of sp³-hybridized carbons (Fsp3) is 0.529. The summed E-state index contributed by atoms with van der Waals surface area (Å²) < 4.78 is -0.0338. The van der Waals surface area contributed by atoms with Gasteiger partial charge in [0, 0.05) is 6.42 Å². The molecule has 1 saturated heterocycles. The fourth-order valence-electron chi connectivity index (χ4n) is 3.13. The van der Waals surface area contributed by atoms with Gasteiger partial charge in [-0.25, -0.2) is 0 Å². The molecule has 1 fully saturated rings. The quantitative estimate of drug-likeness (QED) is 0.780. The predicted molar refractivity (Wildman–Crippen MR) is 90.4 cm³/mol. The molecule has 1 aliphatic heterocycles. The maximum atomic E-state index is 10.6. The highest BCUT2D eigenvalue weighted by atomic mass is 32.2. The van der Waals surface area contributed by atoms with Crippen molar-refractivity contribution in [2.75, 3.05) is 11.5 Å². The maximum Gasteiger partial charge on any atom is 0.111 e. The second kappa shape index (κ2) is 6.48. The van der Waals surface area contributed by atoms with E-state index in [0.717, 1.165) is 19.3 Å². The summed E-state index contributed by atoms with van der Waals surface area (Å²) in [5.74, 6) is 3.06. The number of thioether (sulfide) groups is 2. The molecule has 1 heterocycles. The van der Waals surface area contributed by atoms with Gasteiger partial charge in [-0.3, -0.25) is 0 Å². The molecule has 1 N–H and O–H groups in total. The van der Waals surface area contributed by atoms with Gasteiger partial charge < -0.3 is 5.11 Å². The third-order valence-electron chi connectivity index (χ3n) is 4.14. The molecule has 0 spiro atoms. The molecular weight excluding hydrogens is 284 g/mol. The Kier molecular flexibility index (Phi) is 4.67. The topological polar surface area (TPSA) is 20.2 Å². The maximum absolute atomic E-state index is 10.6. The number of rotatable bonds is 2. The van der Waals surface area contributed by atoms with Crippen molar-refractivity contribution in [3.05, 3.63) is 47.2 Å². The van der Waals surface area contributed by atoms with Gasteiger partial charge in [0.2, 0.25) is 0 Å². The van der Waals surface area contributed by atoms with Crippen molar-refractivity contribution in [3.63, 3.8) is 0 Å². The van der Waals surface area contributed by atoms with Crippen LogP contribution in [0.5, 0.6) is 0 Å². The van der Waals surface area contributed by atoms with Crippen molar-refractivity contribution in [1.29, 1.82) is 0 Å². The first-order chi connectivity index (χ1) is 9.83. The normalized spacial score (nSPS) is 23.4. The van der Waals surface area contributed by atoms with E-state index in [9.17, 15) is 5.11 Å². The molecule has 3 rings (SSSR count). The molecule has 0 bridgehead atoms. The number of allylic oxidation sites excluding steroid dienone is 1. The van der Waals surface area contributed by atoms with Crippen LogP contribution in [0.3, 0.4) is 0 Å². The molecular formula is C17H22OS2. The van der Waals surface area contributed by atoms with Gasteiger partial charge in [-0.1, -0.05) is 36.8 Å². The summed E-state index contributed by atoms with van der Waals surface area (Å²) in [5.41, 5.74) is 2.66. The molecule has 1 aliphatic carbocycles. The Morgan fingerprint density at radius 1 is 0.850 bits per heavy atom. The van der Waals surface area contributed by atoms with E-state index in [1.807, 2.05) is 23.5 Å². The molecule has 0 atom stereocenters. The van der Waals surface area contributed by atoms with Crippen LogP contribution in [0.2, 0.25) is 0 Å². The van der Waals surface area contributed by atoms with Crippen molar-refractivity contribution in [2.24, 2.45) is 0 Å². The third kappa shape index (κ3) is 2.75. The Labute approximate surface area is 130 Å². The molecule has 1 aromatic carbocycles. The molecule has 0 aromatic heterocycles. The standard InChI is InChI=1S/C17H22OS2/c18-16-11-6-2-5-10-15(16)17(19-12-7-13-20-17)14-8-3-1-4-9-14/h1,3-4,8-9,18H,2,5-7,10-13H2. The number of aliphatic hydroxyl groups is 1. The van der Waals surface area contributed by atoms with Crippen LogP contribution in [0.25, 0.3) is 0 Å². The zero-order valence-electron chi connectivity index (χ0n) is 11.8. The summed E-state index contributed by atoms with van der Waals surface area (Å²) in [4.78, 5) is 0. The second-order valence-corrected chi connectivity index (χ2v) is 8.40. The van der Waals surface area contributed by atoms with Crippen molar-refractivity contribution in [3.8, 4) is 0 Å². The molecule has 3 heteroatoms. The van der Waals surface area contributed by atoms with Gasteiger partial charge in [-0.2, -0.15) is 0 Å². The summed E-state index contributed by atoms with van der Waals surface area (Å²) in [6, 6.07) is 10.8. The van der Waals surface area contributed by atoms with Crippen LogP contribution in [0, 0.1) is 0 Å². The molecule has 2 aliphatic rings. The minimum Gasteiger partial charge on any atom is -0.512 e. The molecule has 1 aromatic rings. The van der Waals surface area contributed by atoms with Gasteiger partial charge in [0.15, 0.2) is 0 Å². The van der Waals surface area contributed by atoms with Crippen molar-refractivity contribution in [2.45, 2.75) is 42.6 Å². The zero-order chi connectivity index (χ0) is 13.8. The Hall–Kier alpha value is -0.540. The van der Waals surface area contributed by atoms with Crippen LogP contribution in [0.4, 0.5) is 0 Å². The first-order valence-electron chi connectivity index (χ1n) is 7.58. The van der Waals surface area contributed by atoms with E-state index in [1.54, 1.807) is 0 Å². The lowest BCUT2D eigenvalue weighted by Gasteiger charge is -2.39. The van der Waals surface area contributed by atoms with Gasteiger partial charge >= 0.3 is 0 Å². The third-order valence-corrected chi connectivity index (χ3v) is 7.61. The van der Waals surface area contributed by atoms with Crippen molar-refractivity contribution < 1.29 is 5.11 Å². The van der Waals surface area contributed by atoms with E-state index in [1.165, 1.54) is 41.9 Å². The SMILES string of the molecule is OC1=C(C2(c3ccccc3)SCCCS2)CCCCC1. The van der Waals surface area contributed by atoms with Crippen LogP contribution >= 0.6 is 23.5 Å². The summed E-state index contributed by atoms with van der Waals surface area (Å²) in [6.45, 7) is 0. The second-order valence-electron chi connectivity index (χ2n) is 5.52. The highest BCUT2D eigenvalue weighted by molar-refractivity contribution is 8.18.